The topological polar surface area (TPSA) is 42.7 Å². The monoisotopic (exact) mass is 194 g/mol. The molecular formula is C10H18N4. The summed E-state index contributed by atoms with van der Waals surface area (Å²) in [4.78, 5) is 0. The summed E-state index contributed by atoms with van der Waals surface area (Å²) < 4.78 is 1.87. The van der Waals surface area contributed by atoms with Crippen LogP contribution in [0.3, 0.4) is 0 Å². The van der Waals surface area contributed by atoms with Gasteiger partial charge < -0.3 is 5.32 Å². The van der Waals surface area contributed by atoms with E-state index in [4.69, 9.17) is 0 Å². The number of aryl methyl sites for hydroxylation is 1. The van der Waals surface area contributed by atoms with E-state index in [9.17, 15) is 0 Å². The molecule has 1 saturated heterocycles. The van der Waals surface area contributed by atoms with E-state index in [0.29, 0.717) is 12.0 Å². The van der Waals surface area contributed by atoms with Gasteiger partial charge in [0.1, 0.15) is 0 Å². The minimum atomic E-state index is 0.422. The smallest absolute Gasteiger partial charge is 0.0755 e. The minimum Gasteiger partial charge on any atom is -0.308 e. The second-order valence-corrected chi connectivity index (χ2v) is 4.49. The van der Waals surface area contributed by atoms with Gasteiger partial charge in [-0.15, -0.1) is 5.10 Å². The summed E-state index contributed by atoms with van der Waals surface area (Å²) in [5.74, 6) is 1.44. The number of hydrogen-bond donors (Lipinski definition) is 1. The van der Waals surface area contributed by atoms with Gasteiger partial charge in [-0.25, -0.2) is 0 Å². The minimum absolute atomic E-state index is 0.422. The highest BCUT2D eigenvalue weighted by Gasteiger charge is 2.28. The van der Waals surface area contributed by atoms with Gasteiger partial charge in [0.15, 0.2) is 0 Å². The third-order valence-corrected chi connectivity index (χ3v) is 3.10. The lowest BCUT2D eigenvalue weighted by Gasteiger charge is -2.33. The molecule has 1 aromatic rings. The molecule has 0 aliphatic carbocycles. The van der Waals surface area contributed by atoms with E-state index in [-0.39, 0.29) is 0 Å². The quantitative estimate of drug-likeness (QED) is 0.728. The van der Waals surface area contributed by atoms with Gasteiger partial charge >= 0.3 is 0 Å². The van der Waals surface area contributed by atoms with Crippen LogP contribution in [0.1, 0.15) is 32.0 Å². The zero-order valence-corrected chi connectivity index (χ0v) is 9.07. The summed E-state index contributed by atoms with van der Waals surface area (Å²) in [6, 6.07) is 0.422. The molecule has 2 rings (SSSR count). The number of hydrogen-bond acceptors (Lipinski definition) is 3. The molecule has 0 radical (unpaired) electrons. The molecule has 1 aliphatic heterocycles. The summed E-state index contributed by atoms with van der Waals surface area (Å²) in [6.45, 7) is 5.68. The van der Waals surface area contributed by atoms with Gasteiger partial charge in [0, 0.05) is 7.05 Å². The van der Waals surface area contributed by atoms with E-state index in [1.807, 2.05) is 17.9 Å². The largest absolute Gasteiger partial charge is 0.308 e. The molecule has 4 nitrogen and oxygen atoms in total. The number of rotatable bonds is 1. The summed E-state index contributed by atoms with van der Waals surface area (Å²) in [6.07, 6.45) is 3.15. The molecule has 0 saturated carbocycles. The molecule has 1 aromatic heterocycles. The van der Waals surface area contributed by atoms with Gasteiger partial charge in [-0.1, -0.05) is 19.1 Å². The second kappa shape index (κ2) is 3.69. The van der Waals surface area contributed by atoms with Crippen molar-refractivity contribution in [2.24, 2.45) is 18.9 Å². The van der Waals surface area contributed by atoms with Gasteiger partial charge in [-0.3, -0.25) is 4.68 Å². The van der Waals surface area contributed by atoms with Gasteiger partial charge in [-0.2, -0.15) is 0 Å². The van der Waals surface area contributed by atoms with E-state index in [0.717, 1.165) is 12.5 Å². The van der Waals surface area contributed by atoms with E-state index in [1.54, 1.807) is 0 Å². The fourth-order valence-electron chi connectivity index (χ4n) is 2.36. The maximum Gasteiger partial charge on any atom is 0.0755 e. The predicted molar refractivity (Wildman–Crippen MR) is 54.7 cm³/mol. The Kier molecular flexibility index (Phi) is 2.54. The van der Waals surface area contributed by atoms with Crippen molar-refractivity contribution in [1.82, 2.24) is 20.3 Å². The van der Waals surface area contributed by atoms with Crippen LogP contribution in [0.4, 0.5) is 0 Å². The standard InChI is InChI=1S/C10H18N4/c1-7-4-8(2)10(11-5-7)9-6-12-13-14(9)3/h6-8,10-11H,4-5H2,1-3H3. The van der Waals surface area contributed by atoms with E-state index >= 15 is 0 Å². The van der Waals surface area contributed by atoms with Gasteiger partial charge in [0.05, 0.1) is 17.9 Å². The first-order valence-electron chi connectivity index (χ1n) is 5.26. The van der Waals surface area contributed by atoms with Crippen molar-refractivity contribution in [2.45, 2.75) is 26.3 Å². The van der Waals surface area contributed by atoms with Crippen LogP contribution in [0.5, 0.6) is 0 Å². The zero-order chi connectivity index (χ0) is 10.1. The summed E-state index contributed by atoms with van der Waals surface area (Å²) in [7, 11) is 1.95. The Hall–Kier alpha value is -0.900. The molecule has 2 heterocycles. The van der Waals surface area contributed by atoms with Crippen molar-refractivity contribution in [2.75, 3.05) is 6.54 Å². The summed E-state index contributed by atoms with van der Waals surface area (Å²) in [5, 5.41) is 11.5. The predicted octanol–water partition coefficient (Wildman–Crippen LogP) is 1.12. The Labute approximate surface area is 84.7 Å². The van der Waals surface area contributed by atoms with Gasteiger partial charge in [-0.05, 0) is 24.8 Å². The maximum atomic E-state index is 3.97. The first-order valence-corrected chi connectivity index (χ1v) is 5.26. The lowest BCUT2D eigenvalue weighted by molar-refractivity contribution is 0.238. The molecule has 0 spiro atoms. The lowest BCUT2D eigenvalue weighted by Crippen LogP contribution is -2.38. The van der Waals surface area contributed by atoms with Crippen molar-refractivity contribution < 1.29 is 0 Å². The van der Waals surface area contributed by atoms with Crippen molar-refractivity contribution in [3.63, 3.8) is 0 Å². The first-order chi connectivity index (χ1) is 6.68. The Morgan fingerprint density at radius 1 is 1.50 bits per heavy atom. The van der Waals surface area contributed by atoms with Crippen LogP contribution in [0, 0.1) is 11.8 Å². The van der Waals surface area contributed by atoms with Crippen LogP contribution in [-0.2, 0) is 7.05 Å². The molecule has 4 heteroatoms. The fourth-order valence-corrected chi connectivity index (χ4v) is 2.36. The van der Waals surface area contributed by atoms with E-state index in [2.05, 4.69) is 29.5 Å². The van der Waals surface area contributed by atoms with Gasteiger partial charge in [0.2, 0.25) is 0 Å². The van der Waals surface area contributed by atoms with E-state index in [1.165, 1.54) is 12.1 Å². The molecule has 1 aliphatic rings. The molecule has 3 atom stereocenters. The van der Waals surface area contributed by atoms with Crippen molar-refractivity contribution in [3.8, 4) is 0 Å². The highest BCUT2D eigenvalue weighted by Crippen LogP contribution is 2.30. The molecular weight excluding hydrogens is 176 g/mol. The average Bonchev–Trinajstić information content (AvgIpc) is 2.52. The third kappa shape index (κ3) is 1.66. The SMILES string of the molecule is CC1CNC(c2cnnn2C)C(C)C1. The van der Waals surface area contributed by atoms with Crippen LogP contribution in [0.2, 0.25) is 0 Å². The number of aromatic nitrogens is 3. The highest BCUT2D eigenvalue weighted by atomic mass is 15.4. The molecule has 1 fully saturated rings. The Balaban J connectivity index is 2.15. The molecule has 14 heavy (non-hydrogen) atoms. The van der Waals surface area contributed by atoms with Crippen molar-refractivity contribution in [3.05, 3.63) is 11.9 Å². The van der Waals surface area contributed by atoms with Crippen molar-refractivity contribution >= 4 is 0 Å². The van der Waals surface area contributed by atoms with E-state index < -0.39 is 0 Å². The number of nitrogens with zero attached hydrogens (tertiary/aromatic N) is 3. The summed E-state index contributed by atoms with van der Waals surface area (Å²) >= 11 is 0. The zero-order valence-electron chi connectivity index (χ0n) is 9.07. The summed E-state index contributed by atoms with van der Waals surface area (Å²) in [5.41, 5.74) is 1.20. The Morgan fingerprint density at radius 2 is 2.29 bits per heavy atom. The fraction of sp³-hybridized carbons (Fsp3) is 0.800. The number of piperidine rings is 1. The Morgan fingerprint density at radius 3 is 2.86 bits per heavy atom. The van der Waals surface area contributed by atoms with Crippen LogP contribution in [0.25, 0.3) is 0 Å². The molecule has 0 amide bonds. The maximum absolute atomic E-state index is 3.97. The average molecular weight is 194 g/mol. The van der Waals surface area contributed by atoms with Crippen LogP contribution in [0.15, 0.2) is 6.20 Å². The normalized spacial score (nSPS) is 33.2. The highest BCUT2D eigenvalue weighted by molar-refractivity contribution is 5.05. The third-order valence-electron chi connectivity index (χ3n) is 3.10. The first kappa shape index (κ1) is 9.65. The Bertz CT molecular complexity index is 307. The van der Waals surface area contributed by atoms with Crippen LogP contribution in [-0.4, -0.2) is 21.5 Å². The van der Waals surface area contributed by atoms with Crippen LogP contribution < -0.4 is 5.32 Å². The molecule has 78 valence electrons. The lowest BCUT2D eigenvalue weighted by atomic mass is 9.85. The van der Waals surface area contributed by atoms with Crippen molar-refractivity contribution in [1.29, 1.82) is 0 Å². The number of nitrogens with one attached hydrogen (secondary N) is 1. The molecule has 0 bridgehead atoms. The van der Waals surface area contributed by atoms with Crippen LogP contribution >= 0.6 is 0 Å². The molecule has 3 unspecified atom stereocenters. The van der Waals surface area contributed by atoms with Gasteiger partial charge in [0.25, 0.3) is 0 Å². The molecule has 1 N–H and O–H groups in total. The second-order valence-electron chi connectivity index (χ2n) is 4.49. The molecule has 0 aromatic carbocycles.